The van der Waals surface area contributed by atoms with Gasteiger partial charge in [-0.05, 0) is 45.7 Å². The Morgan fingerprint density at radius 1 is 1.26 bits per heavy atom. The van der Waals surface area contributed by atoms with E-state index in [2.05, 4.69) is 49.0 Å². The van der Waals surface area contributed by atoms with Crippen molar-refractivity contribution >= 4 is 17.4 Å². The smallest absolute Gasteiger partial charge is 0.277 e. The van der Waals surface area contributed by atoms with Crippen LogP contribution in [0.2, 0.25) is 0 Å². The molecule has 0 aliphatic carbocycles. The minimum Gasteiger partial charge on any atom is -0.365 e. The first-order valence-electron chi connectivity index (χ1n) is 7.87. The van der Waals surface area contributed by atoms with Crippen LogP contribution in [0.1, 0.15) is 43.7 Å². The molecular weight excluding hydrogens is 288 g/mol. The number of aromatic nitrogens is 2. The molecule has 5 heteroatoms. The number of amides is 1. The first-order valence-corrected chi connectivity index (χ1v) is 7.87. The molecule has 0 spiro atoms. The summed E-state index contributed by atoms with van der Waals surface area (Å²) in [5.74, 6) is 0.581. The molecule has 120 valence electrons. The largest absolute Gasteiger partial charge is 0.365 e. The predicted octanol–water partition coefficient (Wildman–Crippen LogP) is 3.28. The zero-order chi connectivity index (χ0) is 16.6. The fraction of sp³-hybridized carbons (Fsp3) is 0.389. The highest BCUT2D eigenvalue weighted by Crippen LogP contribution is 2.32. The molecule has 0 bridgehead atoms. The van der Waals surface area contributed by atoms with Gasteiger partial charge in [-0.1, -0.05) is 18.2 Å². The number of nitrogens with zero attached hydrogens (tertiary/aromatic N) is 3. The summed E-state index contributed by atoms with van der Waals surface area (Å²) in [6.07, 6.45) is 2.31. The Bertz CT molecular complexity index is 736. The summed E-state index contributed by atoms with van der Waals surface area (Å²) >= 11 is 0. The van der Waals surface area contributed by atoms with Crippen LogP contribution in [0.4, 0.5) is 11.5 Å². The van der Waals surface area contributed by atoms with E-state index in [0.29, 0.717) is 11.5 Å². The lowest BCUT2D eigenvalue weighted by atomic mass is 10.1. The van der Waals surface area contributed by atoms with Crippen molar-refractivity contribution in [1.29, 1.82) is 0 Å². The lowest BCUT2D eigenvalue weighted by Crippen LogP contribution is -2.36. The maximum absolute atomic E-state index is 12.9. The van der Waals surface area contributed by atoms with Crippen LogP contribution in [0.3, 0.4) is 0 Å². The molecule has 0 saturated heterocycles. The van der Waals surface area contributed by atoms with Crippen molar-refractivity contribution in [1.82, 2.24) is 9.97 Å². The fourth-order valence-corrected chi connectivity index (χ4v) is 2.93. The van der Waals surface area contributed by atoms with Crippen LogP contribution < -0.4 is 10.2 Å². The normalized spacial score (nSPS) is 17.0. The van der Waals surface area contributed by atoms with Crippen LogP contribution in [-0.2, 0) is 6.42 Å². The van der Waals surface area contributed by atoms with Crippen molar-refractivity contribution in [2.24, 2.45) is 0 Å². The van der Waals surface area contributed by atoms with Crippen molar-refractivity contribution < 1.29 is 4.79 Å². The quantitative estimate of drug-likeness (QED) is 0.925. The van der Waals surface area contributed by atoms with E-state index < -0.39 is 0 Å². The van der Waals surface area contributed by atoms with Gasteiger partial charge in [-0.15, -0.1) is 0 Å². The van der Waals surface area contributed by atoms with Crippen LogP contribution in [0.25, 0.3) is 0 Å². The molecule has 1 unspecified atom stereocenters. The summed E-state index contributed by atoms with van der Waals surface area (Å²) in [4.78, 5) is 23.2. The Balaban J connectivity index is 1.91. The molecule has 1 aliphatic heterocycles. The summed E-state index contributed by atoms with van der Waals surface area (Å²) in [6.45, 7) is 8.22. The monoisotopic (exact) mass is 310 g/mol. The Morgan fingerprint density at radius 2 is 2.00 bits per heavy atom. The second-order valence-electron chi connectivity index (χ2n) is 7.02. The number of hydrogen-bond donors (Lipinski definition) is 1. The molecule has 23 heavy (non-hydrogen) atoms. The van der Waals surface area contributed by atoms with E-state index in [4.69, 9.17) is 0 Å². The van der Waals surface area contributed by atoms with Crippen LogP contribution >= 0.6 is 0 Å². The van der Waals surface area contributed by atoms with Crippen LogP contribution in [0.15, 0.2) is 36.7 Å². The zero-order valence-electron chi connectivity index (χ0n) is 14.0. The van der Waals surface area contributed by atoms with Crippen LogP contribution in [0, 0.1) is 0 Å². The van der Waals surface area contributed by atoms with Gasteiger partial charge in [0.15, 0.2) is 0 Å². The second-order valence-corrected chi connectivity index (χ2v) is 7.02. The third-order valence-electron chi connectivity index (χ3n) is 3.82. The van der Waals surface area contributed by atoms with E-state index in [1.807, 2.05) is 23.1 Å². The Kier molecular flexibility index (Phi) is 3.80. The summed E-state index contributed by atoms with van der Waals surface area (Å²) in [7, 11) is 0. The molecule has 1 aromatic carbocycles. The van der Waals surface area contributed by atoms with Crippen molar-refractivity contribution in [3.63, 3.8) is 0 Å². The molecule has 0 saturated carbocycles. The molecule has 1 aromatic heterocycles. The van der Waals surface area contributed by atoms with Crippen molar-refractivity contribution in [2.45, 2.75) is 45.7 Å². The van der Waals surface area contributed by atoms with Gasteiger partial charge >= 0.3 is 0 Å². The average Bonchev–Trinajstić information content (AvgIpc) is 2.81. The fourth-order valence-electron chi connectivity index (χ4n) is 2.93. The van der Waals surface area contributed by atoms with Gasteiger partial charge < -0.3 is 10.2 Å². The highest BCUT2D eigenvalue weighted by atomic mass is 16.2. The lowest BCUT2D eigenvalue weighted by Gasteiger charge is -2.24. The first-order chi connectivity index (χ1) is 10.8. The highest BCUT2D eigenvalue weighted by Gasteiger charge is 2.32. The Labute approximate surface area is 136 Å². The van der Waals surface area contributed by atoms with Gasteiger partial charge in [0.2, 0.25) is 0 Å². The molecule has 1 atom stereocenters. The molecule has 2 heterocycles. The highest BCUT2D eigenvalue weighted by molar-refractivity contribution is 6.06. The predicted molar refractivity (Wildman–Crippen MR) is 91.8 cm³/mol. The zero-order valence-corrected chi connectivity index (χ0v) is 14.0. The maximum atomic E-state index is 12.9. The van der Waals surface area contributed by atoms with Crippen molar-refractivity contribution in [2.75, 3.05) is 10.2 Å². The van der Waals surface area contributed by atoms with Gasteiger partial charge in [0, 0.05) is 23.3 Å². The van der Waals surface area contributed by atoms with E-state index in [1.54, 1.807) is 6.07 Å². The van der Waals surface area contributed by atoms with Crippen molar-refractivity contribution in [3.8, 4) is 0 Å². The Morgan fingerprint density at radius 3 is 2.74 bits per heavy atom. The standard InChI is InChI=1S/C18H22N4O/c1-12-9-13-7-5-6-8-15(13)22(12)17(23)14-10-16(20-11-19-14)21-18(2,3)4/h5-8,10-12H,9H2,1-4H3,(H,19,20,21). The molecule has 0 fully saturated rings. The van der Waals surface area contributed by atoms with Crippen molar-refractivity contribution in [3.05, 3.63) is 47.9 Å². The lowest BCUT2D eigenvalue weighted by molar-refractivity contribution is 0.0976. The van der Waals surface area contributed by atoms with Gasteiger partial charge in [-0.2, -0.15) is 0 Å². The minimum atomic E-state index is -0.123. The molecule has 1 aliphatic rings. The minimum absolute atomic E-state index is 0.0817. The average molecular weight is 310 g/mol. The first kappa shape index (κ1) is 15.5. The van der Waals surface area contributed by atoms with Gasteiger partial charge in [-0.3, -0.25) is 4.79 Å². The second kappa shape index (κ2) is 5.65. The van der Waals surface area contributed by atoms with Gasteiger partial charge in [0.25, 0.3) is 5.91 Å². The topological polar surface area (TPSA) is 58.1 Å². The van der Waals surface area contributed by atoms with Gasteiger partial charge in [-0.25, -0.2) is 9.97 Å². The number of hydrogen-bond acceptors (Lipinski definition) is 4. The molecule has 3 rings (SSSR count). The number of fused-ring (bicyclic) bond motifs is 1. The SMILES string of the molecule is CC1Cc2ccccc2N1C(=O)c1cc(NC(C)(C)C)ncn1. The van der Waals surface area contributed by atoms with Gasteiger partial charge in [0.05, 0.1) is 0 Å². The summed E-state index contributed by atoms with van der Waals surface area (Å²) in [5, 5.41) is 3.28. The molecule has 2 aromatic rings. The third-order valence-corrected chi connectivity index (χ3v) is 3.82. The Hall–Kier alpha value is -2.43. The van der Waals surface area contributed by atoms with E-state index in [0.717, 1.165) is 12.1 Å². The summed E-state index contributed by atoms with van der Waals surface area (Å²) in [5.41, 5.74) is 2.47. The number of carbonyl (C=O) groups is 1. The summed E-state index contributed by atoms with van der Waals surface area (Å²) in [6, 6.07) is 9.90. The third kappa shape index (κ3) is 3.18. The van der Waals surface area contributed by atoms with E-state index in [9.17, 15) is 4.79 Å². The number of rotatable bonds is 2. The number of nitrogens with one attached hydrogen (secondary N) is 1. The molecule has 0 radical (unpaired) electrons. The molecule has 1 N–H and O–H groups in total. The molecule has 5 nitrogen and oxygen atoms in total. The molecular formula is C18H22N4O. The number of benzene rings is 1. The maximum Gasteiger partial charge on any atom is 0.277 e. The number of anilines is 2. The number of carbonyl (C=O) groups excluding carboxylic acids is 1. The van der Waals surface area contributed by atoms with E-state index in [-0.39, 0.29) is 17.5 Å². The number of para-hydroxylation sites is 1. The van der Waals surface area contributed by atoms with E-state index in [1.165, 1.54) is 11.9 Å². The summed E-state index contributed by atoms with van der Waals surface area (Å²) < 4.78 is 0. The van der Waals surface area contributed by atoms with Crippen LogP contribution in [0.5, 0.6) is 0 Å². The molecule has 1 amide bonds. The van der Waals surface area contributed by atoms with Gasteiger partial charge in [0.1, 0.15) is 17.8 Å². The van der Waals surface area contributed by atoms with Crippen LogP contribution in [-0.4, -0.2) is 27.5 Å². The van der Waals surface area contributed by atoms with E-state index >= 15 is 0 Å².